The lowest BCUT2D eigenvalue weighted by atomic mass is 10.2. The highest BCUT2D eigenvalue weighted by molar-refractivity contribution is 5.94. The molecule has 1 heterocycles. The Morgan fingerprint density at radius 1 is 1.30 bits per heavy atom. The molecule has 1 aliphatic rings. The van der Waals surface area contributed by atoms with Crippen molar-refractivity contribution in [2.75, 3.05) is 13.7 Å². The fourth-order valence-electron chi connectivity index (χ4n) is 1.80. The standard InChI is InChI=1S/C14H13N3O6/c1-9-12(13(18)22-2)7-16(8-15-9)14(19)23-11-5-3-10(4-6-11)17(20)21/h3-6,8H,7H2,1-2H3. The topological polar surface area (TPSA) is 111 Å². The van der Waals surface area contributed by atoms with Crippen LogP contribution in [0.3, 0.4) is 0 Å². The van der Waals surface area contributed by atoms with Gasteiger partial charge in [-0.25, -0.2) is 14.6 Å². The Morgan fingerprint density at radius 2 is 1.96 bits per heavy atom. The lowest BCUT2D eigenvalue weighted by Crippen LogP contribution is -2.37. The lowest BCUT2D eigenvalue weighted by Gasteiger charge is -2.22. The number of rotatable bonds is 3. The molecule has 9 heteroatoms. The largest absolute Gasteiger partial charge is 0.466 e. The lowest BCUT2D eigenvalue weighted by molar-refractivity contribution is -0.384. The van der Waals surface area contributed by atoms with Gasteiger partial charge in [0.2, 0.25) is 0 Å². The van der Waals surface area contributed by atoms with Gasteiger partial charge in [-0.15, -0.1) is 0 Å². The number of amides is 1. The zero-order valence-electron chi connectivity index (χ0n) is 12.4. The Kier molecular flexibility index (Phi) is 4.69. The Labute approximate surface area is 131 Å². The molecule has 0 spiro atoms. The number of esters is 1. The van der Waals surface area contributed by atoms with E-state index >= 15 is 0 Å². The summed E-state index contributed by atoms with van der Waals surface area (Å²) in [6.45, 7) is 1.59. The number of nitro benzene ring substituents is 1. The molecule has 9 nitrogen and oxygen atoms in total. The van der Waals surface area contributed by atoms with Crippen LogP contribution in [-0.2, 0) is 9.53 Å². The van der Waals surface area contributed by atoms with E-state index in [2.05, 4.69) is 9.73 Å². The van der Waals surface area contributed by atoms with Crippen molar-refractivity contribution < 1.29 is 24.0 Å². The molecule has 0 unspecified atom stereocenters. The second-order valence-corrected chi connectivity index (χ2v) is 4.55. The van der Waals surface area contributed by atoms with Gasteiger partial charge in [-0.05, 0) is 19.1 Å². The third-order valence-electron chi connectivity index (χ3n) is 3.07. The van der Waals surface area contributed by atoms with Crippen molar-refractivity contribution in [1.29, 1.82) is 0 Å². The quantitative estimate of drug-likeness (QED) is 0.478. The molecule has 2 rings (SSSR count). The normalized spacial score (nSPS) is 13.7. The number of aliphatic imine (C=N–C) groups is 1. The Hall–Kier alpha value is -3.23. The van der Waals surface area contributed by atoms with E-state index in [1.54, 1.807) is 6.92 Å². The Morgan fingerprint density at radius 3 is 2.52 bits per heavy atom. The molecule has 1 aliphatic heterocycles. The summed E-state index contributed by atoms with van der Waals surface area (Å²) in [6, 6.07) is 5.05. The monoisotopic (exact) mass is 319 g/mol. The van der Waals surface area contributed by atoms with Crippen LogP contribution in [0.2, 0.25) is 0 Å². The van der Waals surface area contributed by atoms with Gasteiger partial charge in [0.05, 0.1) is 29.8 Å². The highest BCUT2D eigenvalue weighted by Gasteiger charge is 2.25. The second-order valence-electron chi connectivity index (χ2n) is 4.55. The molecule has 0 fully saturated rings. The molecule has 0 saturated carbocycles. The van der Waals surface area contributed by atoms with Crippen LogP contribution in [0.15, 0.2) is 40.5 Å². The van der Waals surface area contributed by atoms with Crippen LogP contribution < -0.4 is 4.74 Å². The molecular weight excluding hydrogens is 306 g/mol. The summed E-state index contributed by atoms with van der Waals surface area (Å²) in [5.41, 5.74) is 0.586. The maximum Gasteiger partial charge on any atom is 0.420 e. The molecule has 1 amide bonds. The van der Waals surface area contributed by atoms with E-state index in [1.165, 1.54) is 37.7 Å². The predicted octanol–water partition coefficient (Wildman–Crippen LogP) is 1.88. The van der Waals surface area contributed by atoms with E-state index in [1.807, 2.05) is 0 Å². The number of non-ortho nitro benzene ring substituents is 1. The first kappa shape index (κ1) is 16.1. The maximum atomic E-state index is 12.1. The molecule has 0 atom stereocenters. The fraction of sp³-hybridized carbons (Fsp3) is 0.214. The van der Waals surface area contributed by atoms with Gasteiger partial charge >= 0.3 is 12.1 Å². The predicted molar refractivity (Wildman–Crippen MR) is 79.0 cm³/mol. The van der Waals surface area contributed by atoms with E-state index in [4.69, 9.17) is 4.74 Å². The molecule has 1 aromatic carbocycles. The number of carbonyl (C=O) groups excluding carboxylic acids is 2. The fourth-order valence-corrected chi connectivity index (χ4v) is 1.80. The Balaban J connectivity index is 2.06. The van der Waals surface area contributed by atoms with E-state index in [-0.39, 0.29) is 23.6 Å². The summed E-state index contributed by atoms with van der Waals surface area (Å²) in [7, 11) is 1.24. The van der Waals surface area contributed by atoms with Crippen molar-refractivity contribution in [1.82, 2.24) is 4.90 Å². The van der Waals surface area contributed by atoms with Gasteiger partial charge in [0.25, 0.3) is 5.69 Å². The molecule has 0 saturated heterocycles. The van der Waals surface area contributed by atoms with Crippen LogP contribution in [0.25, 0.3) is 0 Å². The van der Waals surface area contributed by atoms with Crippen LogP contribution in [0.4, 0.5) is 10.5 Å². The smallest absolute Gasteiger partial charge is 0.420 e. The zero-order chi connectivity index (χ0) is 17.0. The van der Waals surface area contributed by atoms with Crippen LogP contribution >= 0.6 is 0 Å². The molecule has 120 valence electrons. The molecule has 0 aliphatic carbocycles. The summed E-state index contributed by atoms with van der Waals surface area (Å²) < 4.78 is 9.71. The first-order valence-corrected chi connectivity index (χ1v) is 6.47. The van der Waals surface area contributed by atoms with Crippen molar-refractivity contribution in [3.8, 4) is 5.75 Å². The summed E-state index contributed by atoms with van der Waals surface area (Å²) in [5, 5.41) is 10.6. The number of hydrogen-bond donors (Lipinski definition) is 0. The third kappa shape index (κ3) is 3.70. The number of carbonyl (C=O) groups is 2. The Bertz CT molecular complexity index is 708. The SMILES string of the molecule is COC(=O)C1=C(C)N=CN(C(=O)Oc2ccc([N+](=O)[O-])cc2)C1. The number of nitro groups is 1. The number of hydrogen-bond acceptors (Lipinski definition) is 7. The first-order chi connectivity index (χ1) is 10.9. The van der Waals surface area contributed by atoms with E-state index in [9.17, 15) is 19.7 Å². The number of benzene rings is 1. The minimum absolute atomic E-state index is 0.0339. The molecule has 0 aromatic heterocycles. The van der Waals surface area contributed by atoms with E-state index < -0.39 is 17.0 Å². The van der Waals surface area contributed by atoms with Gasteiger partial charge in [0.1, 0.15) is 12.1 Å². The maximum absolute atomic E-state index is 12.1. The van der Waals surface area contributed by atoms with Crippen LogP contribution in [-0.4, -0.2) is 41.9 Å². The van der Waals surface area contributed by atoms with Gasteiger partial charge < -0.3 is 9.47 Å². The van der Waals surface area contributed by atoms with Crippen molar-refractivity contribution in [3.63, 3.8) is 0 Å². The average Bonchev–Trinajstić information content (AvgIpc) is 2.55. The van der Waals surface area contributed by atoms with Crippen molar-refractivity contribution in [3.05, 3.63) is 45.6 Å². The molecule has 1 aromatic rings. The van der Waals surface area contributed by atoms with Gasteiger partial charge in [-0.3, -0.25) is 15.0 Å². The summed E-state index contributed by atoms with van der Waals surface area (Å²) in [6.07, 6.45) is 0.478. The number of allylic oxidation sites excluding steroid dienone is 1. The number of methoxy groups -OCH3 is 1. The van der Waals surface area contributed by atoms with E-state index in [0.717, 1.165) is 4.90 Å². The highest BCUT2D eigenvalue weighted by Crippen LogP contribution is 2.19. The highest BCUT2D eigenvalue weighted by atomic mass is 16.6. The molecule has 0 bridgehead atoms. The number of ether oxygens (including phenoxy) is 2. The molecule has 0 N–H and O–H groups in total. The third-order valence-corrected chi connectivity index (χ3v) is 3.07. The van der Waals surface area contributed by atoms with Gasteiger partial charge in [-0.2, -0.15) is 0 Å². The first-order valence-electron chi connectivity index (χ1n) is 6.47. The average molecular weight is 319 g/mol. The van der Waals surface area contributed by atoms with Crippen LogP contribution in [0.5, 0.6) is 5.75 Å². The molecule has 0 radical (unpaired) electrons. The summed E-state index contributed by atoms with van der Waals surface area (Å²) in [4.78, 5) is 38.7. The van der Waals surface area contributed by atoms with Crippen molar-refractivity contribution in [2.45, 2.75) is 6.92 Å². The van der Waals surface area contributed by atoms with Gasteiger partial charge in [0.15, 0.2) is 0 Å². The zero-order valence-corrected chi connectivity index (χ0v) is 12.4. The van der Waals surface area contributed by atoms with Crippen LogP contribution in [0, 0.1) is 10.1 Å². The minimum Gasteiger partial charge on any atom is -0.466 e. The number of nitrogens with zero attached hydrogens (tertiary/aromatic N) is 3. The summed E-state index contributed by atoms with van der Waals surface area (Å²) >= 11 is 0. The van der Waals surface area contributed by atoms with Crippen molar-refractivity contribution >= 4 is 24.1 Å². The van der Waals surface area contributed by atoms with Gasteiger partial charge in [0, 0.05) is 12.1 Å². The molecule has 23 heavy (non-hydrogen) atoms. The summed E-state index contributed by atoms with van der Waals surface area (Å²) in [5.74, 6) is -0.438. The van der Waals surface area contributed by atoms with Crippen LogP contribution in [0.1, 0.15) is 6.92 Å². The van der Waals surface area contributed by atoms with E-state index in [0.29, 0.717) is 5.70 Å². The second kappa shape index (κ2) is 6.69. The minimum atomic E-state index is -0.767. The molecular formula is C14H13N3O6. The van der Waals surface area contributed by atoms with Gasteiger partial charge in [-0.1, -0.05) is 0 Å². The van der Waals surface area contributed by atoms with Crippen molar-refractivity contribution in [2.24, 2.45) is 4.99 Å².